The molecule has 0 bridgehead atoms. The van der Waals surface area contributed by atoms with Crippen molar-refractivity contribution in [2.45, 2.75) is 39.0 Å². The van der Waals surface area contributed by atoms with Crippen LogP contribution in [0, 0.1) is 11.8 Å². The zero-order valence-electron chi connectivity index (χ0n) is 8.46. The molecule has 0 radical (unpaired) electrons. The molecule has 1 heterocycles. The summed E-state index contributed by atoms with van der Waals surface area (Å²) in [5.74, 6) is 2.08. The molecule has 1 aliphatic carbocycles. The van der Waals surface area contributed by atoms with Crippen molar-refractivity contribution in [1.82, 2.24) is 4.90 Å². The van der Waals surface area contributed by atoms with E-state index >= 15 is 0 Å². The SMILES string of the molecule is CCCC(=O)N1CC2CCCC2C1. The Morgan fingerprint density at radius 2 is 1.92 bits per heavy atom. The third kappa shape index (κ3) is 1.72. The van der Waals surface area contributed by atoms with Gasteiger partial charge in [0.15, 0.2) is 0 Å². The van der Waals surface area contributed by atoms with Crippen LogP contribution in [0.4, 0.5) is 0 Å². The standard InChI is InChI=1S/C11H19NO/c1-2-4-11(13)12-7-9-5-3-6-10(9)8-12/h9-10H,2-8H2,1H3. The van der Waals surface area contributed by atoms with E-state index in [2.05, 4.69) is 11.8 Å². The molecule has 2 aliphatic rings. The summed E-state index contributed by atoms with van der Waals surface area (Å²) < 4.78 is 0. The van der Waals surface area contributed by atoms with Gasteiger partial charge in [0.1, 0.15) is 0 Å². The van der Waals surface area contributed by atoms with Crippen LogP contribution in [0.2, 0.25) is 0 Å². The van der Waals surface area contributed by atoms with Gasteiger partial charge in [-0.05, 0) is 31.1 Å². The largest absolute Gasteiger partial charge is 0.342 e. The Hall–Kier alpha value is -0.530. The maximum atomic E-state index is 11.6. The first kappa shape index (κ1) is 9.04. The second kappa shape index (κ2) is 3.69. The number of hydrogen-bond acceptors (Lipinski definition) is 1. The Morgan fingerprint density at radius 1 is 1.31 bits per heavy atom. The zero-order chi connectivity index (χ0) is 9.26. The topological polar surface area (TPSA) is 20.3 Å². The number of hydrogen-bond donors (Lipinski definition) is 0. The van der Waals surface area contributed by atoms with Gasteiger partial charge in [-0.2, -0.15) is 0 Å². The number of nitrogens with zero attached hydrogens (tertiary/aromatic N) is 1. The maximum Gasteiger partial charge on any atom is 0.222 e. The first-order valence-corrected chi connectivity index (χ1v) is 5.59. The fraction of sp³-hybridized carbons (Fsp3) is 0.909. The first-order chi connectivity index (χ1) is 6.31. The number of carbonyl (C=O) groups is 1. The number of amides is 1. The van der Waals surface area contributed by atoms with Gasteiger partial charge < -0.3 is 4.90 Å². The molecule has 2 nitrogen and oxygen atoms in total. The highest BCUT2D eigenvalue weighted by Gasteiger charge is 2.37. The van der Waals surface area contributed by atoms with Gasteiger partial charge in [-0.25, -0.2) is 0 Å². The van der Waals surface area contributed by atoms with E-state index in [0.717, 1.165) is 37.8 Å². The molecule has 0 aromatic carbocycles. The average molecular weight is 181 g/mol. The van der Waals surface area contributed by atoms with Gasteiger partial charge in [-0.15, -0.1) is 0 Å². The number of carbonyl (C=O) groups excluding carboxylic acids is 1. The predicted molar refractivity (Wildman–Crippen MR) is 52.3 cm³/mol. The quantitative estimate of drug-likeness (QED) is 0.638. The summed E-state index contributed by atoms with van der Waals surface area (Å²) in [6.07, 6.45) is 5.86. The third-order valence-electron chi connectivity index (χ3n) is 3.54. The van der Waals surface area contributed by atoms with Crippen molar-refractivity contribution in [3.8, 4) is 0 Å². The predicted octanol–water partition coefficient (Wildman–Crippen LogP) is 2.04. The van der Waals surface area contributed by atoms with Gasteiger partial charge in [0.25, 0.3) is 0 Å². The van der Waals surface area contributed by atoms with E-state index in [1.165, 1.54) is 19.3 Å². The first-order valence-electron chi connectivity index (χ1n) is 5.59. The normalized spacial score (nSPS) is 32.2. The van der Waals surface area contributed by atoms with Crippen molar-refractivity contribution in [1.29, 1.82) is 0 Å². The molecule has 0 aromatic heterocycles. The lowest BCUT2D eigenvalue weighted by Crippen LogP contribution is -2.28. The van der Waals surface area contributed by atoms with Crippen molar-refractivity contribution < 1.29 is 4.79 Å². The van der Waals surface area contributed by atoms with E-state index in [4.69, 9.17) is 0 Å². The van der Waals surface area contributed by atoms with Crippen molar-refractivity contribution in [3.63, 3.8) is 0 Å². The number of rotatable bonds is 2. The summed E-state index contributed by atoms with van der Waals surface area (Å²) >= 11 is 0. The summed E-state index contributed by atoms with van der Waals surface area (Å²) in [4.78, 5) is 13.7. The van der Waals surface area contributed by atoms with Crippen LogP contribution in [-0.2, 0) is 4.79 Å². The van der Waals surface area contributed by atoms with E-state index in [-0.39, 0.29) is 0 Å². The minimum Gasteiger partial charge on any atom is -0.342 e. The van der Waals surface area contributed by atoms with E-state index in [1.807, 2.05) is 0 Å². The minimum absolute atomic E-state index is 0.386. The zero-order valence-corrected chi connectivity index (χ0v) is 8.46. The van der Waals surface area contributed by atoms with Gasteiger partial charge >= 0.3 is 0 Å². The molecule has 2 fully saturated rings. The molecule has 2 unspecified atom stereocenters. The second-order valence-electron chi connectivity index (χ2n) is 4.50. The molecular formula is C11H19NO. The van der Waals surface area contributed by atoms with Crippen LogP contribution in [0.1, 0.15) is 39.0 Å². The Morgan fingerprint density at radius 3 is 2.46 bits per heavy atom. The van der Waals surface area contributed by atoms with E-state index in [9.17, 15) is 4.79 Å². The van der Waals surface area contributed by atoms with Crippen LogP contribution in [0.15, 0.2) is 0 Å². The lowest BCUT2D eigenvalue weighted by atomic mass is 10.0. The van der Waals surface area contributed by atoms with Gasteiger partial charge in [0.2, 0.25) is 5.91 Å². The molecule has 1 amide bonds. The van der Waals surface area contributed by atoms with Crippen LogP contribution in [0.3, 0.4) is 0 Å². The van der Waals surface area contributed by atoms with Crippen molar-refractivity contribution in [2.24, 2.45) is 11.8 Å². The lowest BCUT2D eigenvalue weighted by molar-refractivity contribution is -0.130. The fourth-order valence-electron chi connectivity index (χ4n) is 2.81. The lowest BCUT2D eigenvalue weighted by Gasteiger charge is -2.16. The third-order valence-corrected chi connectivity index (χ3v) is 3.54. The molecule has 2 heteroatoms. The smallest absolute Gasteiger partial charge is 0.222 e. The number of fused-ring (bicyclic) bond motifs is 1. The molecule has 74 valence electrons. The van der Waals surface area contributed by atoms with Gasteiger partial charge in [-0.1, -0.05) is 13.3 Å². The summed E-state index contributed by atoms with van der Waals surface area (Å²) in [5, 5.41) is 0. The minimum atomic E-state index is 0.386. The van der Waals surface area contributed by atoms with E-state index in [1.54, 1.807) is 0 Å². The Labute approximate surface area is 80.3 Å². The highest BCUT2D eigenvalue weighted by molar-refractivity contribution is 5.76. The summed E-state index contributed by atoms with van der Waals surface area (Å²) in [7, 11) is 0. The van der Waals surface area contributed by atoms with Gasteiger partial charge in [-0.3, -0.25) is 4.79 Å². The van der Waals surface area contributed by atoms with Crippen LogP contribution in [-0.4, -0.2) is 23.9 Å². The van der Waals surface area contributed by atoms with Crippen molar-refractivity contribution >= 4 is 5.91 Å². The molecule has 0 aromatic rings. The Kier molecular flexibility index (Phi) is 2.56. The fourth-order valence-corrected chi connectivity index (χ4v) is 2.81. The second-order valence-corrected chi connectivity index (χ2v) is 4.50. The van der Waals surface area contributed by atoms with E-state index < -0.39 is 0 Å². The molecule has 1 aliphatic heterocycles. The summed E-state index contributed by atoms with van der Waals surface area (Å²) in [5.41, 5.74) is 0. The molecule has 1 saturated heterocycles. The maximum absolute atomic E-state index is 11.6. The average Bonchev–Trinajstić information content (AvgIpc) is 2.61. The van der Waals surface area contributed by atoms with Crippen LogP contribution in [0.5, 0.6) is 0 Å². The molecule has 2 rings (SSSR count). The highest BCUT2D eigenvalue weighted by Crippen LogP contribution is 2.37. The number of likely N-dealkylation sites (tertiary alicyclic amines) is 1. The highest BCUT2D eigenvalue weighted by atomic mass is 16.2. The summed E-state index contributed by atoms with van der Waals surface area (Å²) in [6, 6.07) is 0. The molecule has 2 atom stereocenters. The van der Waals surface area contributed by atoms with Gasteiger partial charge in [0, 0.05) is 19.5 Å². The summed E-state index contributed by atoms with van der Waals surface area (Å²) in [6.45, 7) is 4.20. The molecule has 1 saturated carbocycles. The van der Waals surface area contributed by atoms with Crippen LogP contribution >= 0.6 is 0 Å². The van der Waals surface area contributed by atoms with Crippen molar-refractivity contribution in [2.75, 3.05) is 13.1 Å². The molecule has 0 N–H and O–H groups in total. The molecule has 0 spiro atoms. The Bertz CT molecular complexity index is 190. The molecule has 13 heavy (non-hydrogen) atoms. The van der Waals surface area contributed by atoms with Crippen LogP contribution in [0.25, 0.3) is 0 Å². The Balaban J connectivity index is 1.87. The van der Waals surface area contributed by atoms with E-state index in [0.29, 0.717) is 5.91 Å². The van der Waals surface area contributed by atoms with Crippen molar-refractivity contribution in [3.05, 3.63) is 0 Å². The monoisotopic (exact) mass is 181 g/mol. The van der Waals surface area contributed by atoms with Crippen LogP contribution < -0.4 is 0 Å². The van der Waals surface area contributed by atoms with Gasteiger partial charge in [0.05, 0.1) is 0 Å². The molecular weight excluding hydrogens is 162 g/mol.